The molecule has 3 aromatic carbocycles. The molecule has 4 aromatic rings. The van der Waals surface area contributed by atoms with Crippen molar-refractivity contribution in [3.63, 3.8) is 0 Å². The molecule has 1 aromatic heterocycles. The van der Waals surface area contributed by atoms with Crippen LogP contribution in [0.15, 0.2) is 60.7 Å². The number of nitrogens with two attached hydrogens (primary N) is 1. The average molecular weight is 421 g/mol. The minimum absolute atomic E-state index is 0.0806. The van der Waals surface area contributed by atoms with Crippen molar-refractivity contribution in [2.45, 2.75) is 19.4 Å². The van der Waals surface area contributed by atoms with Crippen LogP contribution in [0.4, 0.5) is 0 Å². The molecule has 1 heterocycles. The first-order chi connectivity index (χ1) is 14.5. The number of hydrogen-bond acceptors (Lipinski definition) is 4. The number of primary amides is 1. The predicted molar refractivity (Wildman–Crippen MR) is 117 cm³/mol. The van der Waals surface area contributed by atoms with E-state index in [1.54, 1.807) is 23.9 Å². The average Bonchev–Trinajstić information content (AvgIpc) is 3.17. The molecule has 0 saturated carbocycles. The summed E-state index contributed by atoms with van der Waals surface area (Å²) in [4.78, 5) is 12.2. The van der Waals surface area contributed by atoms with Gasteiger partial charge in [0.1, 0.15) is 11.3 Å². The zero-order valence-corrected chi connectivity index (χ0v) is 17.4. The highest BCUT2D eigenvalue weighted by molar-refractivity contribution is 6.31. The van der Waals surface area contributed by atoms with Crippen LogP contribution in [-0.4, -0.2) is 28.0 Å². The van der Waals surface area contributed by atoms with Gasteiger partial charge >= 0.3 is 0 Å². The minimum atomic E-state index is -0.486. The number of carbonyl (C=O) groups excluding carboxylic acids is 1. The summed E-state index contributed by atoms with van der Waals surface area (Å²) in [6.45, 7) is 2.45. The predicted octanol–water partition coefficient (Wildman–Crippen LogP) is 4.39. The van der Waals surface area contributed by atoms with Crippen molar-refractivity contribution >= 4 is 28.5 Å². The van der Waals surface area contributed by atoms with Gasteiger partial charge in [-0.2, -0.15) is 0 Å². The molecule has 1 amide bonds. The second kappa shape index (κ2) is 8.16. The third-order valence-corrected chi connectivity index (χ3v) is 5.67. The number of halogens is 1. The van der Waals surface area contributed by atoms with Crippen LogP contribution in [0.2, 0.25) is 5.02 Å². The Balaban J connectivity index is 1.84. The van der Waals surface area contributed by atoms with Crippen molar-refractivity contribution in [2.24, 2.45) is 5.73 Å². The van der Waals surface area contributed by atoms with Crippen LogP contribution in [0, 0.1) is 0 Å². The van der Waals surface area contributed by atoms with E-state index in [2.05, 4.69) is 10.3 Å². The van der Waals surface area contributed by atoms with E-state index in [-0.39, 0.29) is 5.92 Å². The lowest BCUT2D eigenvalue weighted by Gasteiger charge is -2.16. The Hall–Kier alpha value is -3.38. The van der Waals surface area contributed by atoms with E-state index in [1.165, 1.54) is 0 Å². The number of rotatable bonds is 6. The minimum Gasteiger partial charge on any atom is -0.497 e. The Bertz CT molecular complexity index is 1220. The molecule has 152 valence electrons. The Labute approximate surface area is 179 Å². The van der Waals surface area contributed by atoms with Crippen molar-refractivity contribution in [1.82, 2.24) is 15.0 Å². The molecule has 0 bridgehead atoms. The number of methoxy groups -OCH3 is 1. The van der Waals surface area contributed by atoms with Crippen LogP contribution in [0.5, 0.6) is 5.75 Å². The summed E-state index contributed by atoms with van der Waals surface area (Å²) in [6, 6.07) is 19.0. The number of amides is 1. The molecule has 0 aliphatic heterocycles. The summed E-state index contributed by atoms with van der Waals surface area (Å²) >= 11 is 6.37. The SMILES string of the molecule is COc1ccc(Cl)c(Cn2nnc3c([C@@H](C)c4ccccc4)c(C(N)=O)ccc32)c1. The molecular weight excluding hydrogens is 400 g/mol. The van der Waals surface area contributed by atoms with E-state index < -0.39 is 5.91 Å². The largest absolute Gasteiger partial charge is 0.497 e. The van der Waals surface area contributed by atoms with Crippen molar-refractivity contribution < 1.29 is 9.53 Å². The monoisotopic (exact) mass is 420 g/mol. The Morgan fingerprint density at radius 3 is 2.63 bits per heavy atom. The summed E-state index contributed by atoms with van der Waals surface area (Å²) in [7, 11) is 1.61. The maximum Gasteiger partial charge on any atom is 0.249 e. The number of aromatic nitrogens is 3. The van der Waals surface area contributed by atoms with Gasteiger partial charge in [-0.05, 0) is 41.5 Å². The lowest BCUT2D eigenvalue weighted by Crippen LogP contribution is -2.16. The standard InChI is InChI=1S/C23H21ClN4O2/c1-14(15-6-4-3-5-7-15)21-18(23(25)29)9-11-20-22(21)26-27-28(20)13-16-12-17(30-2)8-10-19(16)24/h3-12,14H,13H2,1-2H3,(H2,25,29)/t14-/m0/s1. The first kappa shape index (κ1) is 19.9. The summed E-state index contributed by atoms with van der Waals surface area (Å²) in [5, 5.41) is 9.36. The summed E-state index contributed by atoms with van der Waals surface area (Å²) in [5.41, 5.74) is 10.3. The van der Waals surface area contributed by atoms with E-state index in [9.17, 15) is 4.79 Å². The zero-order chi connectivity index (χ0) is 21.3. The molecule has 0 aliphatic carbocycles. The highest BCUT2D eigenvalue weighted by Gasteiger charge is 2.22. The highest BCUT2D eigenvalue weighted by Crippen LogP contribution is 2.33. The van der Waals surface area contributed by atoms with Gasteiger partial charge in [0.15, 0.2) is 0 Å². The Kier molecular flexibility index (Phi) is 5.42. The number of carbonyl (C=O) groups is 1. The van der Waals surface area contributed by atoms with E-state index in [0.29, 0.717) is 28.4 Å². The topological polar surface area (TPSA) is 83.0 Å². The van der Waals surface area contributed by atoms with E-state index >= 15 is 0 Å². The van der Waals surface area contributed by atoms with Crippen LogP contribution in [0.25, 0.3) is 11.0 Å². The van der Waals surface area contributed by atoms with Gasteiger partial charge in [-0.15, -0.1) is 5.10 Å². The van der Waals surface area contributed by atoms with E-state index in [4.69, 9.17) is 22.1 Å². The molecule has 1 atom stereocenters. The fourth-order valence-corrected chi connectivity index (χ4v) is 3.87. The quantitative estimate of drug-likeness (QED) is 0.501. The van der Waals surface area contributed by atoms with Crippen molar-refractivity contribution in [3.05, 3.63) is 87.9 Å². The van der Waals surface area contributed by atoms with Crippen LogP contribution >= 0.6 is 11.6 Å². The molecule has 2 N–H and O–H groups in total. The van der Waals surface area contributed by atoms with Gasteiger partial charge in [-0.1, -0.05) is 54.1 Å². The van der Waals surface area contributed by atoms with Crippen LogP contribution < -0.4 is 10.5 Å². The van der Waals surface area contributed by atoms with Crippen LogP contribution in [0.1, 0.15) is 39.9 Å². The molecule has 30 heavy (non-hydrogen) atoms. The molecule has 4 rings (SSSR count). The summed E-state index contributed by atoms with van der Waals surface area (Å²) in [5.74, 6) is 0.149. The number of fused-ring (bicyclic) bond motifs is 1. The van der Waals surface area contributed by atoms with Crippen molar-refractivity contribution in [3.8, 4) is 5.75 Å². The van der Waals surface area contributed by atoms with Gasteiger partial charge in [-0.25, -0.2) is 4.68 Å². The Morgan fingerprint density at radius 1 is 1.17 bits per heavy atom. The van der Waals surface area contributed by atoms with Crippen LogP contribution in [0.3, 0.4) is 0 Å². The maximum absolute atomic E-state index is 12.2. The summed E-state index contributed by atoms with van der Waals surface area (Å²) in [6.07, 6.45) is 0. The number of benzene rings is 3. The second-order valence-electron chi connectivity index (χ2n) is 7.10. The fraction of sp³-hybridized carbons (Fsp3) is 0.174. The molecule has 0 aliphatic rings. The molecule has 6 nitrogen and oxygen atoms in total. The van der Waals surface area contributed by atoms with E-state index in [0.717, 1.165) is 22.2 Å². The highest BCUT2D eigenvalue weighted by atomic mass is 35.5. The van der Waals surface area contributed by atoms with Gasteiger partial charge in [0, 0.05) is 22.1 Å². The number of hydrogen-bond donors (Lipinski definition) is 1. The summed E-state index contributed by atoms with van der Waals surface area (Å²) < 4.78 is 7.07. The lowest BCUT2D eigenvalue weighted by molar-refractivity contribution is 0.0999. The third-order valence-electron chi connectivity index (χ3n) is 5.30. The molecule has 0 fully saturated rings. The van der Waals surface area contributed by atoms with Gasteiger partial charge in [0.05, 0.1) is 19.2 Å². The van der Waals surface area contributed by atoms with E-state index in [1.807, 2.05) is 55.5 Å². The second-order valence-corrected chi connectivity index (χ2v) is 7.50. The van der Waals surface area contributed by atoms with Crippen molar-refractivity contribution in [1.29, 1.82) is 0 Å². The molecular formula is C23H21ClN4O2. The fourth-order valence-electron chi connectivity index (χ4n) is 3.70. The smallest absolute Gasteiger partial charge is 0.249 e. The maximum atomic E-state index is 12.2. The molecule has 0 unspecified atom stereocenters. The first-order valence-corrected chi connectivity index (χ1v) is 9.90. The number of nitrogens with zero attached hydrogens (tertiary/aromatic N) is 3. The zero-order valence-electron chi connectivity index (χ0n) is 16.7. The van der Waals surface area contributed by atoms with Crippen molar-refractivity contribution in [2.75, 3.05) is 7.11 Å². The van der Waals surface area contributed by atoms with Gasteiger partial charge < -0.3 is 10.5 Å². The normalized spacial score (nSPS) is 12.1. The third kappa shape index (κ3) is 3.62. The van der Waals surface area contributed by atoms with Crippen LogP contribution in [-0.2, 0) is 6.54 Å². The number of ether oxygens (including phenoxy) is 1. The molecule has 7 heteroatoms. The van der Waals surface area contributed by atoms with Gasteiger partial charge in [0.25, 0.3) is 0 Å². The molecule has 0 radical (unpaired) electrons. The first-order valence-electron chi connectivity index (χ1n) is 9.53. The van der Waals surface area contributed by atoms with Gasteiger partial charge in [-0.3, -0.25) is 4.79 Å². The molecule has 0 spiro atoms. The molecule has 0 saturated heterocycles. The Morgan fingerprint density at radius 2 is 1.93 bits per heavy atom. The lowest BCUT2D eigenvalue weighted by atomic mass is 9.88. The van der Waals surface area contributed by atoms with Gasteiger partial charge in [0.2, 0.25) is 5.91 Å².